The van der Waals surface area contributed by atoms with Crippen molar-refractivity contribution >= 4 is 0 Å². The largest absolute Gasteiger partial charge is 0.481 e. The van der Waals surface area contributed by atoms with E-state index in [1.54, 1.807) is 20.5 Å². The topological polar surface area (TPSA) is 56.3 Å². The van der Waals surface area contributed by atoms with Crippen molar-refractivity contribution in [3.05, 3.63) is 17.6 Å². The Hall–Kier alpha value is -1.20. The molecule has 0 aliphatic rings. The normalized spacial score (nSPS) is 12.4. The summed E-state index contributed by atoms with van der Waals surface area (Å²) in [5.74, 6) is 0.645. The minimum atomic E-state index is 0.272. The van der Waals surface area contributed by atoms with Crippen LogP contribution in [0, 0.1) is 6.92 Å². The van der Waals surface area contributed by atoms with E-state index in [-0.39, 0.29) is 6.04 Å². The maximum Gasteiger partial charge on any atom is 0.219 e. The van der Waals surface area contributed by atoms with E-state index in [1.165, 1.54) is 0 Å². The Morgan fingerprint density at radius 3 is 2.72 bits per heavy atom. The Balaban J connectivity index is 2.73. The zero-order valence-corrected chi connectivity index (χ0v) is 11.7. The van der Waals surface area contributed by atoms with Crippen LogP contribution in [0.4, 0.5) is 0 Å². The van der Waals surface area contributed by atoms with E-state index in [0.29, 0.717) is 12.5 Å². The first-order chi connectivity index (χ1) is 8.72. The summed E-state index contributed by atoms with van der Waals surface area (Å²) in [4.78, 5) is 8.42. The molecule has 1 rings (SSSR count). The first-order valence-electron chi connectivity index (χ1n) is 6.29. The highest BCUT2D eigenvalue weighted by Crippen LogP contribution is 2.16. The van der Waals surface area contributed by atoms with E-state index in [2.05, 4.69) is 22.2 Å². The van der Waals surface area contributed by atoms with Crippen molar-refractivity contribution in [2.45, 2.75) is 32.7 Å². The average molecular weight is 253 g/mol. The molecule has 5 heteroatoms. The van der Waals surface area contributed by atoms with Gasteiger partial charge >= 0.3 is 0 Å². The van der Waals surface area contributed by atoms with Gasteiger partial charge < -0.3 is 14.8 Å². The predicted octanol–water partition coefficient (Wildman–Crippen LogP) is 1.35. The number of ether oxygens (including phenoxy) is 2. The number of nitrogens with one attached hydrogen (secondary N) is 1. The van der Waals surface area contributed by atoms with Crippen LogP contribution in [0.15, 0.2) is 6.33 Å². The predicted molar refractivity (Wildman–Crippen MR) is 71.0 cm³/mol. The summed E-state index contributed by atoms with van der Waals surface area (Å²) < 4.78 is 10.4. The van der Waals surface area contributed by atoms with Crippen molar-refractivity contribution < 1.29 is 9.47 Å². The van der Waals surface area contributed by atoms with Gasteiger partial charge in [0.25, 0.3) is 0 Å². The van der Waals surface area contributed by atoms with Crippen LogP contribution in [0.3, 0.4) is 0 Å². The quantitative estimate of drug-likeness (QED) is 0.758. The molecule has 0 aliphatic carbocycles. The Bertz CT molecular complexity index is 358. The maximum absolute atomic E-state index is 5.23. The summed E-state index contributed by atoms with van der Waals surface area (Å²) in [5.41, 5.74) is 2.01. The molecule has 0 aromatic carbocycles. The van der Waals surface area contributed by atoms with Gasteiger partial charge in [0.1, 0.15) is 6.33 Å². The Morgan fingerprint density at radius 1 is 1.33 bits per heavy atom. The molecule has 0 saturated carbocycles. The number of hydrogen-bond donors (Lipinski definition) is 1. The van der Waals surface area contributed by atoms with Crippen LogP contribution in [0.1, 0.15) is 24.6 Å². The van der Waals surface area contributed by atoms with Crippen LogP contribution in [0.2, 0.25) is 0 Å². The van der Waals surface area contributed by atoms with Gasteiger partial charge in [-0.1, -0.05) is 6.92 Å². The average Bonchev–Trinajstić information content (AvgIpc) is 2.38. The second-order valence-corrected chi connectivity index (χ2v) is 4.27. The Morgan fingerprint density at radius 2 is 2.11 bits per heavy atom. The first kappa shape index (κ1) is 14.9. The van der Waals surface area contributed by atoms with Gasteiger partial charge in [0.15, 0.2) is 0 Å². The molecule has 1 atom stereocenters. The van der Waals surface area contributed by atoms with Gasteiger partial charge in [-0.3, -0.25) is 0 Å². The van der Waals surface area contributed by atoms with Crippen LogP contribution in [0.25, 0.3) is 0 Å². The molecule has 0 bridgehead atoms. The zero-order chi connectivity index (χ0) is 13.4. The zero-order valence-electron chi connectivity index (χ0n) is 11.7. The lowest BCUT2D eigenvalue weighted by Crippen LogP contribution is -2.36. The highest BCUT2D eigenvalue weighted by Gasteiger charge is 2.13. The standard InChI is InChI=1S/C13H23N3O2/c1-5-6-14-11(8-17-3)7-12-10(2)13(18-4)16-9-15-12/h9,11,14H,5-8H2,1-4H3. The molecule has 18 heavy (non-hydrogen) atoms. The SMILES string of the molecule is CCCNC(COC)Cc1ncnc(OC)c1C. The molecule has 0 radical (unpaired) electrons. The van der Waals surface area contributed by atoms with Gasteiger partial charge in [-0.25, -0.2) is 9.97 Å². The molecule has 0 amide bonds. The molecule has 102 valence electrons. The van der Waals surface area contributed by atoms with Gasteiger partial charge in [-0.2, -0.15) is 0 Å². The molecule has 0 saturated heterocycles. The van der Waals surface area contributed by atoms with E-state index in [1.807, 2.05) is 6.92 Å². The van der Waals surface area contributed by atoms with E-state index in [4.69, 9.17) is 9.47 Å². The first-order valence-corrected chi connectivity index (χ1v) is 6.29. The van der Waals surface area contributed by atoms with E-state index in [0.717, 1.165) is 30.6 Å². The third kappa shape index (κ3) is 4.23. The minimum absolute atomic E-state index is 0.272. The van der Waals surface area contributed by atoms with Gasteiger partial charge in [0.2, 0.25) is 5.88 Å². The molecule has 1 aromatic heterocycles. The summed E-state index contributed by atoms with van der Waals surface area (Å²) in [7, 11) is 3.34. The number of rotatable bonds is 8. The number of hydrogen-bond acceptors (Lipinski definition) is 5. The molecule has 1 unspecified atom stereocenters. The summed E-state index contributed by atoms with van der Waals surface area (Å²) in [6, 6.07) is 0.272. The molecular weight excluding hydrogens is 230 g/mol. The lowest BCUT2D eigenvalue weighted by molar-refractivity contribution is 0.165. The van der Waals surface area contributed by atoms with Crippen LogP contribution in [-0.4, -0.2) is 43.4 Å². The monoisotopic (exact) mass is 253 g/mol. The van der Waals surface area contributed by atoms with E-state index in [9.17, 15) is 0 Å². The summed E-state index contributed by atoms with van der Waals surface area (Å²) in [6.07, 6.45) is 3.47. The molecule has 1 N–H and O–H groups in total. The molecule has 0 spiro atoms. The van der Waals surface area contributed by atoms with Crippen LogP contribution < -0.4 is 10.1 Å². The lowest BCUT2D eigenvalue weighted by Gasteiger charge is -2.18. The fourth-order valence-electron chi connectivity index (χ4n) is 1.85. The van der Waals surface area contributed by atoms with Crippen molar-refractivity contribution in [2.75, 3.05) is 27.4 Å². The third-order valence-corrected chi connectivity index (χ3v) is 2.83. The fraction of sp³-hybridized carbons (Fsp3) is 0.692. The fourth-order valence-corrected chi connectivity index (χ4v) is 1.85. The van der Waals surface area contributed by atoms with Crippen molar-refractivity contribution in [2.24, 2.45) is 0 Å². The van der Waals surface area contributed by atoms with E-state index < -0.39 is 0 Å². The second kappa shape index (κ2) is 8.00. The highest BCUT2D eigenvalue weighted by atomic mass is 16.5. The van der Waals surface area contributed by atoms with Crippen molar-refractivity contribution in [1.29, 1.82) is 0 Å². The maximum atomic E-state index is 5.23. The summed E-state index contributed by atoms with van der Waals surface area (Å²) >= 11 is 0. The van der Waals surface area contributed by atoms with Crippen molar-refractivity contribution in [3.63, 3.8) is 0 Å². The Labute approximate surface area is 109 Å². The highest BCUT2D eigenvalue weighted by molar-refractivity contribution is 5.28. The van der Waals surface area contributed by atoms with Crippen LogP contribution >= 0.6 is 0 Å². The van der Waals surface area contributed by atoms with Gasteiger partial charge in [-0.15, -0.1) is 0 Å². The second-order valence-electron chi connectivity index (χ2n) is 4.27. The van der Waals surface area contributed by atoms with Crippen molar-refractivity contribution in [1.82, 2.24) is 15.3 Å². The van der Waals surface area contributed by atoms with Gasteiger partial charge in [-0.05, 0) is 19.9 Å². The Kier molecular flexibility index (Phi) is 6.60. The molecule has 0 fully saturated rings. The summed E-state index contributed by atoms with van der Waals surface area (Å²) in [5, 5.41) is 3.46. The minimum Gasteiger partial charge on any atom is -0.481 e. The molecule has 5 nitrogen and oxygen atoms in total. The number of aromatic nitrogens is 2. The van der Waals surface area contributed by atoms with Gasteiger partial charge in [0, 0.05) is 25.1 Å². The lowest BCUT2D eigenvalue weighted by atomic mass is 10.1. The third-order valence-electron chi connectivity index (χ3n) is 2.83. The van der Waals surface area contributed by atoms with Crippen LogP contribution in [0.5, 0.6) is 5.88 Å². The summed E-state index contributed by atoms with van der Waals surface area (Å²) in [6.45, 7) is 5.79. The van der Waals surface area contributed by atoms with Crippen molar-refractivity contribution in [3.8, 4) is 5.88 Å². The molecule has 0 aliphatic heterocycles. The molecule has 1 heterocycles. The molecule has 1 aromatic rings. The number of methoxy groups -OCH3 is 2. The number of nitrogens with zero attached hydrogens (tertiary/aromatic N) is 2. The van der Waals surface area contributed by atoms with E-state index >= 15 is 0 Å². The van der Waals surface area contributed by atoms with Crippen LogP contribution in [-0.2, 0) is 11.2 Å². The van der Waals surface area contributed by atoms with Gasteiger partial charge in [0.05, 0.1) is 19.4 Å². The smallest absolute Gasteiger partial charge is 0.219 e. The molecular formula is C13H23N3O2.